The maximum atomic E-state index is 4.37. The molecule has 0 aromatic carbocycles. The normalized spacial score (nSPS) is 11.4. The number of nitrogens with zero attached hydrogens (tertiary/aromatic N) is 3. The van der Waals surface area contributed by atoms with Gasteiger partial charge in [0.2, 0.25) is 0 Å². The van der Waals surface area contributed by atoms with Gasteiger partial charge in [0.15, 0.2) is 0 Å². The smallest absolute Gasteiger partial charge is 0.138 e. The highest BCUT2D eigenvalue weighted by Crippen LogP contribution is 2.32. The third-order valence-electron chi connectivity index (χ3n) is 3.04. The van der Waals surface area contributed by atoms with E-state index in [9.17, 15) is 0 Å². The second kappa shape index (κ2) is 5.63. The van der Waals surface area contributed by atoms with Gasteiger partial charge in [-0.25, -0.2) is 9.97 Å². The molecule has 5 heteroatoms. The van der Waals surface area contributed by atoms with Gasteiger partial charge in [0.1, 0.15) is 17.0 Å². The average molecular weight is 264 g/mol. The van der Waals surface area contributed by atoms with E-state index < -0.39 is 0 Å². The van der Waals surface area contributed by atoms with E-state index in [2.05, 4.69) is 48.1 Å². The highest BCUT2D eigenvalue weighted by molar-refractivity contribution is 7.18. The third-order valence-corrected chi connectivity index (χ3v) is 4.16. The minimum absolute atomic E-state index is 0.943. The van der Waals surface area contributed by atoms with Crippen molar-refractivity contribution in [2.24, 2.45) is 0 Å². The first-order valence-electron chi connectivity index (χ1n) is 6.19. The van der Waals surface area contributed by atoms with Crippen molar-refractivity contribution in [3.63, 3.8) is 0 Å². The molecule has 0 saturated carbocycles. The summed E-state index contributed by atoms with van der Waals surface area (Å²) in [7, 11) is 4.19. The number of hydrogen-bond acceptors (Lipinski definition) is 5. The molecule has 0 saturated heterocycles. The molecule has 0 unspecified atom stereocenters. The molecule has 1 N–H and O–H groups in total. The van der Waals surface area contributed by atoms with Gasteiger partial charge in [0.05, 0.1) is 5.39 Å². The topological polar surface area (TPSA) is 41.1 Å². The fourth-order valence-electron chi connectivity index (χ4n) is 1.92. The summed E-state index contributed by atoms with van der Waals surface area (Å²) in [6.45, 7) is 6.31. The van der Waals surface area contributed by atoms with Crippen molar-refractivity contribution >= 4 is 27.4 Å². The summed E-state index contributed by atoms with van der Waals surface area (Å²) >= 11 is 1.74. The van der Waals surface area contributed by atoms with E-state index in [0.29, 0.717) is 0 Å². The second-order valence-corrected chi connectivity index (χ2v) is 5.97. The number of fused-ring (bicyclic) bond motifs is 1. The van der Waals surface area contributed by atoms with Crippen molar-refractivity contribution in [2.45, 2.75) is 20.3 Å². The molecule has 4 nitrogen and oxygen atoms in total. The Bertz CT molecular complexity index is 533. The number of nitrogens with one attached hydrogen (secondary N) is 1. The fraction of sp³-hybridized carbons (Fsp3) is 0.538. The second-order valence-electron chi connectivity index (χ2n) is 4.77. The predicted molar refractivity (Wildman–Crippen MR) is 78.5 cm³/mol. The lowest BCUT2D eigenvalue weighted by Gasteiger charge is -2.10. The van der Waals surface area contributed by atoms with Crippen LogP contribution in [-0.2, 0) is 0 Å². The highest BCUT2D eigenvalue weighted by Gasteiger charge is 2.11. The van der Waals surface area contributed by atoms with Crippen LogP contribution in [0.5, 0.6) is 0 Å². The summed E-state index contributed by atoms with van der Waals surface area (Å²) in [5.41, 5.74) is 1.30. The Balaban J connectivity index is 2.13. The molecule has 0 aliphatic carbocycles. The Labute approximate surface area is 112 Å². The van der Waals surface area contributed by atoms with Crippen LogP contribution in [0, 0.1) is 13.8 Å². The molecule has 2 heterocycles. The van der Waals surface area contributed by atoms with E-state index in [1.807, 2.05) is 0 Å². The van der Waals surface area contributed by atoms with Crippen LogP contribution in [0.3, 0.4) is 0 Å². The van der Waals surface area contributed by atoms with E-state index in [1.54, 1.807) is 17.7 Å². The molecule has 98 valence electrons. The van der Waals surface area contributed by atoms with Crippen LogP contribution in [0.1, 0.15) is 16.9 Å². The summed E-state index contributed by atoms with van der Waals surface area (Å²) in [6.07, 6.45) is 2.76. The van der Waals surface area contributed by atoms with Gasteiger partial charge in [0, 0.05) is 11.4 Å². The SMILES string of the molecule is Cc1sc2ncnc(NCCCN(C)C)c2c1C. The zero-order valence-electron chi connectivity index (χ0n) is 11.4. The summed E-state index contributed by atoms with van der Waals surface area (Å²) in [6, 6.07) is 0. The van der Waals surface area contributed by atoms with E-state index in [0.717, 1.165) is 30.2 Å². The highest BCUT2D eigenvalue weighted by atomic mass is 32.1. The van der Waals surface area contributed by atoms with E-state index >= 15 is 0 Å². The Morgan fingerprint density at radius 2 is 2.06 bits per heavy atom. The minimum atomic E-state index is 0.943. The lowest BCUT2D eigenvalue weighted by atomic mass is 10.2. The molecule has 2 rings (SSSR count). The van der Waals surface area contributed by atoms with Gasteiger partial charge < -0.3 is 10.2 Å². The van der Waals surface area contributed by atoms with Crippen LogP contribution < -0.4 is 5.32 Å². The molecule has 18 heavy (non-hydrogen) atoms. The van der Waals surface area contributed by atoms with Gasteiger partial charge in [-0.1, -0.05) is 0 Å². The number of thiophene rings is 1. The molecule has 2 aromatic heterocycles. The first-order chi connectivity index (χ1) is 8.59. The molecular weight excluding hydrogens is 244 g/mol. The van der Waals surface area contributed by atoms with Crippen LogP contribution in [0.25, 0.3) is 10.2 Å². The van der Waals surface area contributed by atoms with Gasteiger partial charge in [-0.15, -0.1) is 11.3 Å². The largest absolute Gasteiger partial charge is 0.369 e. The minimum Gasteiger partial charge on any atom is -0.369 e. The van der Waals surface area contributed by atoms with Crippen LogP contribution >= 0.6 is 11.3 Å². The molecule has 0 spiro atoms. The maximum Gasteiger partial charge on any atom is 0.138 e. The van der Waals surface area contributed by atoms with Gasteiger partial charge in [-0.2, -0.15) is 0 Å². The lowest BCUT2D eigenvalue weighted by molar-refractivity contribution is 0.405. The molecule has 0 radical (unpaired) electrons. The molecule has 0 aliphatic rings. The monoisotopic (exact) mass is 264 g/mol. The van der Waals surface area contributed by atoms with E-state index in [1.165, 1.54) is 15.8 Å². The van der Waals surface area contributed by atoms with Crippen LogP contribution in [0.4, 0.5) is 5.82 Å². The average Bonchev–Trinajstić information content (AvgIpc) is 2.61. The first kappa shape index (κ1) is 13.2. The summed E-state index contributed by atoms with van der Waals surface area (Å²) in [4.78, 5) is 13.3. The molecule has 2 aromatic rings. The van der Waals surface area contributed by atoms with Crippen molar-refractivity contribution in [2.75, 3.05) is 32.5 Å². The van der Waals surface area contributed by atoms with Gasteiger partial charge >= 0.3 is 0 Å². The zero-order valence-corrected chi connectivity index (χ0v) is 12.3. The third kappa shape index (κ3) is 2.79. The molecule has 0 amide bonds. The predicted octanol–water partition coefficient (Wildman–Crippen LogP) is 2.67. The maximum absolute atomic E-state index is 4.37. The lowest BCUT2D eigenvalue weighted by Crippen LogP contribution is -2.16. The van der Waals surface area contributed by atoms with Crippen LogP contribution in [0.2, 0.25) is 0 Å². The van der Waals surface area contributed by atoms with Crippen molar-refractivity contribution in [1.29, 1.82) is 0 Å². The van der Waals surface area contributed by atoms with Crippen molar-refractivity contribution in [3.8, 4) is 0 Å². The number of hydrogen-bond donors (Lipinski definition) is 1. The number of rotatable bonds is 5. The Morgan fingerprint density at radius 3 is 2.78 bits per heavy atom. The summed E-state index contributed by atoms with van der Waals surface area (Å²) in [5, 5.41) is 4.61. The summed E-state index contributed by atoms with van der Waals surface area (Å²) in [5.74, 6) is 0.973. The Hall–Kier alpha value is -1.20. The Kier molecular flexibility index (Phi) is 4.14. The number of anilines is 1. The molecule has 0 bridgehead atoms. The van der Waals surface area contributed by atoms with Crippen molar-refractivity contribution in [3.05, 3.63) is 16.8 Å². The van der Waals surface area contributed by atoms with Crippen LogP contribution in [-0.4, -0.2) is 42.1 Å². The molecular formula is C13H20N4S. The first-order valence-corrected chi connectivity index (χ1v) is 7.00. The van der Waals surface area contributed by atoms with E-state index in [-0.39, 0.29) is 0 Å². The fourth-order valence-corrected chi connectivity index (χ4v) is 2.92. The quantitative estimate of drug-likeness (QED) is 0.843. The van der Waals surface area contributed by atoms with Gasteiger partial charge in [-0.3, -0.25) is 0 Å². The molecule has 0 aliphatic heterocycles. The molecule has 0 atom stereocenters. The van der Waals surface area contributed by atoms with E-state index in [4.69, 9.17) is 0 Å². The van der Waals surface area contributed by atoms with Crippen molar-refractivity contribution < 1.29 is 0 Å². The summed E-state index contributed by atoms with van der Waals surface area (Å²) < 4.78 is 0. The number of aryl methyl sites for hydroxylation is 2. The van der Waals surface area contributed by atoms with Crippen LogP contribution in [0.15, 0.2) is 6.33 Å². The standard InChI is InChI=1S/C13H20N4S/c1-9-10(2)18-13-11(9)12(15-8-16-13)14-6-5-7-17(3)4/h8H,5-7H2,1-4H3,(H,14,15,16). The zero-order chi connectivity index (χ0) is 13.1. The Morgan fingerprint density at radius 1 is 1.28 bits per heavy atom. The van der Waals surface area contributed by atoms with Crippen molar-refractivity contribution in [1.82, 2.24) is 14.9 Å². The molecule has 0 fully saturated rings. The van der Waals surface area contributed by atoms with Gasteiger partial charge in [0.25, 0.3) is 0 Å². The van der Waals surface area contributed by atoms with Gasteiger partial charge in [-0.05, 0) is 46.5 Å². The number of aromatic nitrogens is 2.